The van der Waals surface area contributed by atoms with Crippen LogP contribution >= 0.6 is 0 Å². The second-order valence-electron chi connectivity index (χ2n) is 4.51. The normalized spacial score (nSPS) is 19.9. The molecule has 1 atom stereocenters. The Labute approximate surface area is 111 Å². The number of likely N-dealkylation sites (tertiary alicyclic amines) is 1. The number of halogens is 3. The lowest BCUT2D eigenvalue weighted by Gasteiger charge is -2.32. The molecular weight excluding hydrogens is 279 g/mol. The number of carbonyl (C=O) groups is 2. The lowest BCUT2D eigenvalue weighted by Crippen LogP contribution is -2.48. The summed E-state index contributed by atoms with van der Waals surface area (Å²) in [6.07, 6.45) is -3.06. The Bertz CT molecular complexity index is 526. The van der Waals surface area contributed by atoms with Crippen molar-refractivity contribution in [2.75, 3.05) is 6.54 Å². The highest BCUT2D eigenvalue weighted by Crippen LogP contribution is 2.28. The number of carboxylic acid groups (broad SMARTS) is 1. The molecule has 2 N–H and O–H groups in total. The Kier molecular flexibility index (Phi) is 3.69. The molecule has 9 heteroatoms. The molecule has 6 nitrogen and oxygen atoms in total. The van der Waals surface area contributed by atoms with Gasteiger partial charge in [-0.1, -0.05) is 0 Å². The fraction of sp³-hybridized carbons (Fsp3) is 0.545. The predicted molar refractivity (Wildman–Crippen MR) is 59.9 cm³/mol. The molecule has 0 radical (unpaired) electrons. The SMILES string of the molecule is O=C(O)C1CCCCN1C(=O)c1cc(C(F)(F)F)[nH]n1. The minimum absolute atomic E-state index is 0.198. The molecule has 1 saturated heterocycles. The van der Waals surface area contributed by atoms with Crippen molar-refractivity contribution in [2.24, 2.45) is 0 Å². The molecule has 0 aromatic carbocycles. The summed E-state index contributed by atoms with van der Waals surface area (Å²) < 4.78 is 37.3. The van der Waals surface area contributed by atoms with Gasteiger partial charge >= 0.3 is 12.1 Å². The maximum absolute atomic E-state index is 12.4. The Balaban J connectivity index is 2.21. The molecule has 0 saturated carbocycles. The van der Waals surface area contributed by atoms with Crippen LogP contribution in [0.3, 0.4) is 0 Å². The van der Waals surface area contributed by atoms with E-state index in [9.17, 15) is 22.8 Å². The summed E-state index contributed by atoms with van der Waals surface area (Å²) in [7, 11) is 0. The second kappa shape index (κ2) is 5.14. The number of carboxylic acids is 1. The lowest BCUT2D eigenvalue weighted by molar-refractivity contribution is -0.143. The number of aliphatic carboxylic acids is 1. The highest BCUT2D eigenvalue weighted by atomic mass is 19.4. The van der Waals surface area contributed by atoms with E-state index in [0.29, 0.717) is 18.9 Å². The molecule has 1 aromatic rings. The number of nitrogens with zero attached hydrogens (tertiary/aromatic N) is 2. The molecular formula is C11H12F3N3O3. The fourth-order valence-corrected chi connectivity index (χ4v) is 2.16. The predicted octanol–water partition coefficient (Wildman–Crippen LogP) is 1.51. The number of carbonyl (C=O) groups excluding carboxylic acids is 1. The standard InChI is InChI=1S/C11H12F3N3O3/c12-11(13,14)8-5-6(15-16-8)9(18)17-4-2-1-3-7(17)10(19)20/h5,7H,1-4H2,(H,15,16)(H,19,20). The van der Waals surface area contributed by atoms with Crippen molar-refractivity contribution in [1.82, 2.24) is 15.1 Å². The van der Waals surface area contributed by atoms with Gasteiger partial charge < -0.3 is 10.0 Å². The van der Waals surface area contributed by atoms with Gasteiger partial charge in [0.25, 0.3) is 5.91 Å². The molecule has 1 fully saturated rings. The van der Waals surface area contributed by atoms with Crippen LogP contribution in [0.1, 0.15) is 35.4 Å². The minimum Gasteiger partial charge on any atom is -0.480 e. The molecule has 0 aliphatic carbocycles. The Morgan fingerprint density at radius 1 is 1.40 bits per heavy atom. The Morgan fingerprint density at radius 2 is 2.10 bits per heavy atom. The van der Waals surface area contributed by atoms with Crippen molar-refractivity contribution in [1.29, 1.82) is 0 Å². The zero-order chi connectivity index (χ0) is 14.9. The highest BCUT2D eigenvalue weighted by Gasteiger charge is 2.37. The van der Waals surface area contributed by atoms with Crippen molar-refractivity contribution in [3.8, 4) is 0 Å². The number of H-pyrrole nitrogens is 1. The second-order valence-corrected chi connectivity index (χ2v) is 4.51. The van der Waals surface area contributed by atoms with Crippen molar-refractivity contribution in [2.45, 2.75) is 31.5 Å². The first-order valence-electron chi connectivity index (χ1n) is 5.97. The molecule has 1 unspecified atom stereocenters. The van der Waals surface area contributed by atoms with Gasteiger partial charge in [-0.3, -0.25) is 9.89 Å². The van der Waals surface area contributed by atoms with E-state index in [-0.39, 0.29) is 13.0 Å². The van der Waals surface area contributed by atoms with Crippen LogP contribution < -0.4 is 0 Å². The molecule has 0 bridgehead atoms. The van der Waals surface area contributed by atoms with Crippen LogP contribution in [0.4, 0.5) is 13.2 Å². The van der Waals surface area contributed by atoms with Crippen molar-refractivity contribution in [3.63, 3.8) is 0 Å². The number of amides is 1. The van der Waals surface area contributed by atoms with E-state index in [1.54, 1.807) is 5.10 Å². The third-order valence-corrected chi connectivity index (χ3v) is 3.15. The van der Waals surface area contributed by atoms with Crippen LogP contribution in [-0.2, 0) is 11.0 Å². The van der Waals surface area contributed by atoms with Crippen LogP contribution in [-0.4, -0.2) is 44.7 Å². The van der Waals surface area contributed by atoms with Gasteiger partial charge in [0.05, 0.1) is 0 Å². The zero-order valence-corrected chi connectivity index (χ0v) is 10.3. The summed E-state index contributed by atoms with van der Waals surface area (Å²) in [6.45, 7) is 0.198. The molecule has 20 heavy (non-hydrogen) atoms. The van der Waals surface area contributed by atoms with E-state index in [1.165, 1.54) is 0 Å². The van der Waals surface area contributed by atoms with Crippen LogP contribution in [0.5, 0.6) is 0 Å². The number of aromatic nitrogens is 2. The average molecular weight is 291 g/mol. The molecule has 1 aliphatic rings. The summed E-state index contributed by atoms with van der Waals surface area (Å²) in [4.78, 5) is 24.2. The molecule has 1 aliphatic heterocycles. The largest absolute Gasteiger partial charge is 0.480 e. The number of alkyl halides is 3. The molecule has 1 aromatic heterocycles. The first-order valence-corrected chi connectivity index (χ1v) is 5.97. The molecule has 110 valence electrons. The van der Waals surface area contributed by atoms with Crippen LogP contribution in [0.2, 0.25) is 0 Å². The van der Waals surface area contributed by atoms with Gasteiger partial charge in [-0.15, -0.1) is 0 Å². The van der Waals surface area contributed by atoms with Crippen LogP contribution in [0.15, 0.2) is 6.07 Å². The monoisotopic (exact) mass is 291 g/mol. The number of piperidine rings is 1. The quantitative estimate of drug-likeness (QED) is 0.864. The molecule has 1 amide bonds. The lowest BCUT2D eigenvalue weighted by atomic mass is 10.0. The fourth-order valence-electron chi connectivity index (χ4n) is 2.16. The zero-order valence-electron chi connectivity index (χ0n) is 10.3. The maximum atomic E-state index is 12.4. The highest BCUT2D eigenvalue weighted by molar-refractivity contribution is 5.95. The number of rotatable bonds is 2. The van der Waals surface area contributed by atoms with E-state index >= 15 is 0 Å². The number of nitrogens with one attached hydrogen (secondary N) is 1. The van der Waals surface area contributed by atoms with Crippen LogP contribution in [0, 0.1) is 0 Å². The first kappa shape index (κ1) is 14.4. The molecule has 0 spiro atoms. The summed E-state index contributed by atoms with van der Waals surface area (Å²) in [5.41, 5.74) is -1.56. The smallest absolute Gasteiger partial charge is 0.432 e. The number of hydrogen-bond donors (Lipinski definition) is 2. The maximum Gasteiger partial charge on any atom is 0.432 e. The topological polar surface area (TPSA) is 86.3 Å². The van der Waals surface area contributed by atoms with Gasteiger partial charge in [0.2, 0.25) is 0 Å². The van der Waals surface area contributed by atoms with Crippen molar-refractivity contribution in [3.05, 3.63) is 17.5 Å². The Morgan fingerprint density at radius 3 is 2.65 bits per heavy atom. The minimum atomic E-state index is -4.63. The Hall–Kier alpha value is -2.06. The molecule has 2 rings (SSSR count). The number of aromatic amines is 1. The van der Waals surface area contributed by atoms with E-state index in [2.05, 4.69) is 5.10 Å². The van der Waals surface area contributed by atoms with E-state index in [0.717, 1.165) is 4.90 Å². The van der Waals surface area contributed by atoms with Gasteiger partial charge in [-0.25, -0.2) is 4.79 Å². The van der Waals surface area contributed by atoms with E-state index in [4.69, 9.17) is 5.11 Å². The van der Waals surface area contributed by atoms with Gasteiger partial charge in [0, 0.05) is 12.6 Å². The summed E-state index contributed by atoms with van der Waals surface area (Å²) in [5, 5.41) is 14.1. The summed E-state index contributed by atoms with van der Waals surface area (Å²) in [6, 6.07) is -0.419. The van der Waals surface area contributed by atoms with Gasteiger partial charge in [-0.05, 0) is 19.3 Å². The third kappa shape index (κ3) is 2.75. The van der Waals surface area contributed by atoms with Gasteiger partial charge in [-0.2, -0.15) is 18.3 Å². The number of hydrogen-bond acceptors (Lipinski definition) is 3. The van der Waals surface area contributed by atoms with Gasteiger partial charge in [0.1, 0.15) is 11.7 Å². The first-order chi connectivity index (χ1) is 9.30. The third-order valence-electron chi connectivity index (χ3n) is 3.15. The van der Waals surface area contributed by atoms with E-state index in [1.807, 2.05) is 0 Å². The summed E-state index contributed by atoms with van der Waals surface area (Å²) in [5.74, 6) is -1.96. The summed E-state index contributed by atoms with van der Waals surface area (Å²) >= 11 is 0. The molecule has 2 heterocycles. The van der Waals surface area contributed by atoms with Crippen LogP contribution in [0.25, 0.3) is 0 Å². The average Bonchev–Trinajstić information content (AvgIpc) is 2.87. The van der Waals surface area contributed by atoms with Crippen molar-refractivity contribution < 1.29 is 27.9 Å². The van der Waals surface area contributed by atoms with Crippen molar-refractivity contribution >= 4 is 11.9 Å². The van der Waals surface area contributed by atoms with Gasteiger partial charge in [0.15, 0.2) is 5.69 Å². The van der Waals surface area contributed by atoms with E-state index < -0.39 is 35.5 Å².